The Morgan fingerprint density at radius 2 is 1.70 bits per heavy atom. The molecular formula is C22H26ClNO3. The van der Waals surface area contributed by atoms with Crippen LogP contribution in [0.4, 0.5) is 0 Å². The van der Waals surface area contributed by atoms with E-state index in [0.29, 0.717) is 22.3 Å². The second-order valence-corrected chi connectivity index (χ2v) is 6.51. The van der Waals surface area contributed by atoms with Gasteiger partial charge >= 0.3 is 0 Å². The Labute approximate surface area is 166 Å². The normalized spacial score (nSPS) is 10.9. The Morgan fingerprint density at radius 1 is 1.04 bits per heavy atom. The van der Waals surface area contributed by atoms with Crippen LogP contribution in [0.3, 0.4) is 0 Å². The second kappa shape index (κ2) is 9.07. The van der Waals surface area contributed by atoms with E-state index in [2.05, 4.69) is 13.8 Å². The highest BCUT2D eigenvalue weighted by Gasteiger charge is 2.20. The number of benzene rings is 2. The SMILES string of the molecule is CC[NH+](CC)Cc1c(OC)ccc2c(=O)c(C)c(-c3ccccc3)oc12.[Cl-]. The molecule has 0 unspecified atom stereocenters. The van der Waals surface area contributed by atoms with Crippen molar-refractivity contribution >= 4 is 11.0 Å². The number of methoxy groups -OCH3 is 1. The number of nitrogens with one attached hydrogen (secondary N) is 1. The zero-order chi connectivity index (χ0) is 18.7. The molecule has 2 aromatic carbocycles. The van der Waals surface area contributed by atoms with Crippen molar-refractivity contribution in [3.8, 4) is 17.1 Å². The topological polar surface area (TPSA) is 43.9 Å². The third-order valence-electron chi connectivity index (χ3n) is 5.03. The molecule has 144 valence electrons. The standard InChI is InChI=1S/C22H25NO3.ClH/c1-5-23(6-2)14-18-19(25-4)13-12-17-20(24)15(3)21(26-22(17)18)16-10-8-7-9-11-16;/h7-13H,5-6,14H2,1-4H3;1H. The van der Waals surface area contributed by atoms with Gasteiger partial charge in [-0.2, -0.15) is 0 Å². The van der Waals surface area contributed by atoms with Crippen LogP contribution in [0.15, 0.2) is 51.7 Å². The summed E-state index contributed by atoms with van der Waals surface area (Å²) in [5.74, 6) is 1.40. The summed E-state index contributed by atoms with van der Waals surface area (Å²) in [5.41, 5.74) is 3.16. The summed E-state index contributed by atoms with van der Waals surface area (Å²) in [4.78, 5) is 14.4. The van der Waals surface area contributed by atoms with E-state index in [4.69, 9.17) is 9.15 Å². The first-order valence-electron chi connectivity index (χ1n) is 9.12. The molecule has 0 saturated heterocycles. The molecule has 1 aromatic heterocycles. The summed E-state index contributed by atoms with van der Waals surface area (Å²) in [5, 5.41) is 0.615. The molecule has 1 N–H and O–H groups in total. The highest BCUT2D eigenvalue weighted by molar-refractivity contribution is 5.85. The quantitative estimate of drug-likeness (QED) is 0.657. The zero-order valence-corrected chi connectivity index (χ0v) is 17.0. The maximum absolute atomic E-state index is 13.0. The highest BCUT2D eigenvalue weighted by atomic mass is 35.5. The van der Waals surface area contributed by atoms with Crippen molar-refractivity contribution in [3.63, 3.8) is 0 Å². The van der Waals surface area contributed by atoms with Crippen molar-refractivity contribution in [1.29, 1.82) is 0 Å². The van der Waals surface area contributed by atoms with Gasteiger partial charge in [0.1, 0.15) is 18.1 Å². The number of ether oxygens (including phenoxy) is 1. The molecule has 0 atom stereocenters. The molecule has 5 heteroatoms. The van der Waals surface area contributed by atoms with Crippen molar-refractivity contribution in [1.82, 2.24) is 0 Å². The second-order valence-electron chi connectivity index (χ2n) is 6.51. The van der Waals surface area contributed by atoms with Gasteiger partial charge in [-0.1, -0.05) is 30.3 Å². The molecule has 0 spiro atoms. The monoisotopic (exact) mass is 387 g/mol. The van der Waals surface area contributed by atoms with Gasteiger partial charge in [0.25, 0.3) is 0 Å². The van der Waals surface area contributed by atoms with E-state index >= 15 is 0 Å². The maximum atomic E-state index is 13.0. The van der Waals surface area contributed by atoms with Crippen LogP contribution in [-0.4, -0.2) is 20.2 Å². The lowest BCUT2D eigenvalue weighted by molar-refractivity contribution is -0.910. The zero-order valence-electron chi connectivity index (χ0n) is 16.3. The lowest BCUT2D eigenvalue weighted by Crippen LogP contribution is -3.10. The van der Waals surface area contributed by atoms with Crippen LogP contribution < -0.4 is 27.5 Å². The molecule has 0 amide bonds. The average Bonchev–Trinajstić information content (AvgIpc) is 2.69. The predicted octanol–water partition coefficient (Wildman–Crippen LogP) is 0.206. The van der Waals surface area contributed by atoms with E-state index < -0.39 is 0 Å². The van der Waals surface area contributed by atoms with Gasteiger partial charge in [-0.05, 0) is 32.9 Å². The first-order chi connectivity index (χ1) is 12.6. The van der Waals surface area contributed by atoms with Crippen LogP contribution >= 0.6 is 0 Å². The molecule has 0 aliphatic carbocycles. The van der Waals surface area contributed by atoms with E-state index in [-0.39, 0.29) is 17.8 Å². The molecule has 0 aliphatic rings. The minimum Gasteiger partial charge on any atom is -1.00 e. The van der Waals surface area contributed by atoms with E-state index in [1.807, 2.05) is 49.4 Å². The smallest absolute Gasteiger partial charge is 0.196 e. The molecule has 3 rings (SSSR count). The molecule has 0 fully saturated rings. The molecule has 0 bridgehead atoms. The minimum atomic E-state index is 0. The van der Waals surface area contributed by atoms with E-state index in [1.54, 1.807) is 7.11 Å². The minimum absolute atomic E-state index is 0. The van der Waals surface area contributed by atoms with Crippen molar-refractivity contribution in [3.05, 3.63) is 63.8 Å². The largest absolute Gasteiger partial charge is 1.00 e. The summed E-state index contributed by atoms with van der Waals surface area (Å²) < 4.78 is 11.9. The highest BCUT2D eigenvalue weighted by Crippen LogP contribution is 2.31. The fourth-order valence-corrected chi connectivity index (χ4v) is 3.36. The molecule has 0 aliphatic heterocycles. The first-order valence-corrected chi connectivity index (χ1v) is 9.12. The molecule has 0 saturated carbocycles. The third kappa shape index (κ3) is 4.02. The Bertz CT molecular complexity index is 963. The molecule has 0 radical (unpaired) electrons. The van der Waals surface area contributed by atoms with Crippen molar-refractivity contribution < 1.29 is 26.5 Å². The third-order valence-corrected chi connectivity index (χ3v) is 5.03. The van der Waals surface area contributed by atoms with Crippen LogP contribution in [0, 0.1) is 6.92 Å². The van der Waals surface area contributed by atoms with Gasteiger partial charge in [0.05, 0.1) is 31.1 Å². The summed E-state index contributed by atoms with van der Waals surface area (Å²) in [6.07, 6.45) is 0. The molecular weight excluding hydrogens is 362 g/mol. The van der Waals surface area contributed by atoms with Crippen LogP contribution in [0.25, 0.3) is 22.3 Å². The van der Waals surface area contributed by atoms with Gasteiger partial charge in [-0.25, -0.2) is 0 Å². The van der Waals surface area contributed by atoms with Crippen molar-refractivity contribution in [2.24, 2.45) is 0 Å². The van der Waals surface area contributed by atoms with E-state index in [9.17, 15) is 4.79 Å². The van der Waals surface area contributed by atoms with Crippen molar-refractivity contribution in [2.45, 2.75) is 27.3 Å². The van der Waals surface area contributed by atoms with Crippen LogP contribution in [0.1, 0.15) is 25.0 Å². The van der Waals surface area contributed by atoms with Gasteiger partial charge < -0.3 is 26.5 Å². The molecule has 4 nitrogen and oxygen atoms in total. The Morgan fingerprint density at radius 3 is 2.30 bits per heavy atom. The van der Waals surface area contributed by atoms with Crippen LogP contribution in [-0.2, 0) is 6.54 Å². The summed E-state index contributed by atoms with van der Waals surface area (Å²) in [6.45, 7) is 8.90. The lowest BCUT2D eigenvalue weighted by atomic mass is 10.0. The van der Waals surface area contributed by atoms with Crippen molar-refractivity contribution in [2.75, 3.05) is 20.2 Å². The van der Waals surface area contributed by atoms with Crippen LogP contribution in [0.2, 0.25) is 0 Å². The Kier molecular flexibility index (Phi) is 7.05. The molecule has 1 heterocycles. The Hall–Kier alpha value is -2.30. The number of halogens is 1. The van der Waals surface area contributed by atoms with Gasteiger partial charge in [-0.15, -0.1) is 0 Å². The Balaban J connectivity index is 0.00000261. The van der Waals surface area contributed by atoms with Gasteiger partial charge in [0.2, 0.25) is 0 Å². The maximum Gasteiger partial charge on any atom is 0.196 e. The van der Waals surface area contributed by atoms with Crippen LogP contribution in [0.5, 0.6) is 5.75 Å². The number of fused-ring (bicyclic) bond motifs is 1. The molecule has 27 heavy (non-hydrogen) atoms. The number of hydrogen-bond donors (Lipinski definition) is 1. The fraction of sp³-hybridized carbons (Fsp3) is 0.318. The number of rotatable bonds is 6. The number of hydrogen-bond acceptors (Lipinski definition) is 3. The summed E-state index contributed by atoms with van der Waals surface area (Å²) >= 11 is 0. The van der Waals surface area contributed by atoms with Gasteiger partial charge in [0.15, 0.2) is 11.0 Å². The van der Waals surface area contributed by atoms with Gasteiger partial charge in [-0.3, -0.25) is 4.79 Å². The summed E-state index contributed by atoms with van der Waals surface area (Å²) in [7, 11) is 1.66. The number of quaternary nitrogens is 1. The lowest BCUT2D eigenvalue weighted by Gasteiger charge is -2.18. The van der Waals surface area contributed by atoms with E-state index in [0.717, 1.165) is 36.5 Å². The van der Waals surface area contributed by atoms with Gasteiger partial charge in [0, 0.05) is 11.1 Å². The molecule has 3 aromatic rings. The average molecular weight is 388 g/mol. The van der Waals surface area contributed by atoms with E-state index in [1.165, 1.54) is 4.90 Å². The first kappa shape index (κ1) is 21.0. The fourth-order valence-electron chi connectivity index (χ4n) is 3.36. The predicted molar refractivity (Wildman–Crippen MR) is 105 cm³/mol. The summed E-state index contributed by atoms with van der Waals surface area (Å²) in [6, 6.07) is 13.5.